The van der Waals surface area contributed by atoms with E-state index in [0.717, 1.165) is 11.4 Å². The Balaban J connectivity index is 1.96. The van der Waals surface area contributed by atoms with E-state index in [9.17, 15) is 0 Å². The Morgan fingerprint density at radius 2 is 2.14 bits per heavy atom. The van der Waals surface area contributed by atoms with Crippen molar-refractivity contribution >= 4 is 28.6 Å². The van der Waals surface area contributed by atoms with E-state index in [1.54, 1.807) is 6.07 Å². The summed E-state index contributed by atoms with van der Waals surface area (Å²) < 4.78 is 6.82. The average molecular weight is 314 g/mol. The molecule has 110 valence electrons. The molecule has 0 aliphatic carbocycles. The SMILES string of the molecule is CCOc1ccc(Nc2cc(Cl)nn3c(C#N)cnc23)cc1. The molecule has 7 heteroatoms. The third-order valence-corrected chi connectivity index (χ3v) is 3.18. The molecular weight excluding hydrogens is 302 g/mol. The molecule has 0 bridgehead atoms. The van der Waals surface area contributed by atoms with Crippen molar-refractivity contribution in [2.75, 3.05) is 11.9 Å². The van der Waals surface area contributed by atoms with Crippen LogP contribution in [0.4, 0.5) is 11.4 Å². The molecular formula is C15H12ClN5O. The Bertz CT molecular complexity index is 851. The molecule has 0 aliphatic heterocycles. The molecule has 1 aromatic carbocycles. The van der Waals surface area contributed by atoms with Crippen LogP contribution in [0.15, 0.2) is 36.5 Å². The van der Waals surface area contributed by atoms with Crippen molar-refractivity contribution in [3.05, 3.63) is 47.4 Å². The van der Waals surface area contributed by atoms with E-state index >= 15 is 0 Å². The zero-order chi connectivity index (χ0) is 15.5. The smallest absolute Gasteiger partial charge is 0.178 e. The minimum atomic E-state index is 0.274. The summed E-state index contributed by atoms with van der Waals surface area (Å²) in [6.45, 7) is 2.56. The predicted octanol–water partition coefficient (Wildman–Crippen LogP) is 3.40. The lowest BCUT2D eigenvalue weighted by Gasteiger charge is -2.09. The maximum Gasteiger partial charge on any atom is 0.178 e. The lowest BCUT2D eigenvalue weighted by atomic mass is 10.3. The largest absolute Gasteiger partial charge is 0.494 e. The molecule has 3 aromatic rings. The number of imidazole rings is 1. The van der Waals surface area contributed by atoms with Crippen LogP contribution >= 0.6 is 11.6 Å². The number of nitrogens with zero attached hydrogens (tertiary/aromatic N) is 4. The molecule has 0 atom stereocenters. The van der Waals surface area contributed by atoms with E-state index in [4.69, 9.17) is 21.6 Å². The second-order valence-electron chi connectivity index (χ2n) is 4.45. The molecule has 0 saturated carbocycles. The summed E-state index contributed by atoms with van der Waals surface area (Å²) in [4.78, 5) is 4.21. The highest BCUT2D eigenvalue weighted by atomic mass is 35.5. The van der Waals surface area contributed by atoms with Gasteiger partial charge in [-0.25, -0.2) is 4.98 Å². The summed E-state index contributed by atoms with van der Waals surface area (Å²) in [5.74, 6) is 0.804. The zero-order valence-electron chi connectivity index (χ0n) is 11.7. The highest BCUT2D eigenvalue weighted by Crippen LogP contribution is 2.25. The Labute approximate surface area is 131 Å². The Morgan fingerprint density at radius 3 is 2.82 bits per heavy atom. The Morgan fingerprint density at radius 1 is 1.36 bits per heavy atom. The third kappa shape index (κ3) is 2.67. The number of nitriles is 1. The molecule has 6 nitrogen and oxygen atoms in total. The normalized spacial score (nSPS) is 10.4. The highest BCUT2D eigenvalue weighted by molar-refractivity contribution is 6.29. The van der Waals surface area contributed by atoms with Crippen molar-refractivity contribution in [1.82, 2.24) is 14.6 Å². The fraction of sp³-hybridized carbons (Fsp3) is 0.133. The molecule has 22 heavy (non-hydrogen) atoms. The molecule has 1 N–H and O–H groups in total. The first-order chi connectivity index (χ1) is 10.7. The van der Waals surface area contributed by atoms with Crippen molar-refractivity contribution in [2.24, 2.45) is 0 Å². The second-order valence-corrected chi connectivity index (χ2v) is 4.84. The standard InChI is InChI=1S/C15H12ClN5O/c1-2-22-12-5-3-10(4-6-12)19-13-7-14(16)20-21-11(8-17)9-18-15(13)21/h3-7,9,19H,2H2,1H3. The number of benzene rings is 1. The molecule has 2 aromatic heterocycles. The molecule has 0 amide bonds. The van der Waals surface area contributed by atoms with Gasteiger partial charge in [-0.2, -0.15) is 14.9 Å². The highest BCUT2D eigenvalue weighted by Gasteiger charge is 2.11. The zero-order valence-corrected chi connectivity index (χ0v) is 12.5. The van der Waals surface area contributed by atoms with Crippen LogP contribution in [0.25, 0.3) is 5.65 Å². The van der Waals surface area contributed by atoms with E-state index in [1.807, 2.05) is 37.3 Å². The number of fused-ring (bicyclic) bond motifs is 1. The second kappa shape index (κ2) is 5.92. The van der Waals surface area contributed by atoms with E-state index < -0.39 is 0 Å². The van der Waals surface area contributed by atoms with Gasteiger partial charge in [-0.1, -0.05) is 11.6 Å². The van der Waals surface area contributed by atoms with Gasteiger partial charge in [0, 0.05) is 11.8 Å². The molecule has 2 heterocycles. The number of nitrogens with one attached hydrogen (secondary N) is 1. The minimum Gasteiger partial charge on any atom is -0.494 e. The maximum atomic E-state index is 9.05. The monoisotopic (exact) mass is 313 g/mol. The minimum absolute atomic E-state index is 0.274. The first kappa shape index (κ1) is 14.2. The number of hydrogen-bond donors (Lipinski definition) is 1. The van der Waals surface area contributed by atoms with Crippen LogP contribution in [0, 0.1) is 11.3 Å². The molecule has 0 radical (unpaired) electrons. The van der Waals surface area contributed by atoms with E-state index in [-0.39, 0.29) is 5.15 Å². The van der Waals surface area contributed by atoms with Gasteiger partial charge < -0.3 is 10.1 Å². The van der Waals surface area contributed by atoms with E-state index in [0.29, 0.717) is 23.6 Å². The lowest BCUT2D eigenvalue weighted by molar-refractivity contribution is 0.340. The van der Waals surface area contributed by atoms with E-state index in [1.165, 1.54) is 10.7 Å². The summed E-state index contributed by atoms with van der Waals surface area (Å²) in [6.07, 6.45) is 1.46. The van der Waals surface area contributed by atoms with Crippen LogP contribution in [0.3, 0.4) is 0 Å². The predicted molar refractivity (Wildman–Crippen MR) is 83.6 cm³/mol. The molecule has 0 spiro atoms. The average Bonchev–Trinajstić information content (AvgIpc) is 2.92. The summed E-state index contributed by atoms with van der Waals surface area (Å²) in [7, 11) is 0. The van der Waals surface area contributed by atoms with Crippen LogP contribution in [-0.4, -0.2) is 21.2 Å². The number of hydrogen-bond acceptors (Lipinski definition) is 5. The maximum absolute atomic E-state index is 9.05. The number of rotatable bonds is 4. The van der Waals surface area contributed by atoms with Crippen LogP contribution in [-0.2, 0) is 0 Å². The topological polar surface area (TPSA) is 75.2 Å². The van der Waals surface area contributed by atoms with Crippen LogP contribution < -0.4 is 10.1 Å². The molecule has 3 rings (SSSR count). The van der Waals surface area contributed by atoms with Gasteiger partial charge in [-0.3, -0.25) is 0 Å². The van der Waals surface area contributed by atoms with Gasteiger partial charge in [-0.15, -0.1) is 0 Å². The fourth-order valence-corrected chi connectivity index (χ4v) is 2.25. The molecule has 0 aliphatic rings. The van der Waals surface area contributed by atoms with Crippen molar-refractivity contribution in [3.63, 3.8) is 0 Å². The van der Waals surface area contributed by atoms with Crippen molar-refractivity contribution < 1.29 is 4.74 Å². The lowest BCUT2D eigenvalue weighted by Crippen LogP contribution is -2.00. The van der Waals surface area contributed by atoms with Gasteiger partial charge in [0.25, 0.3) is 0 Å². The third-order valence-electron chi connectivity index (χ3n) is 3.00. The summed E-state index contributed by atoms with van der Waals surface area (Å²) in [5.41, 5.74) is 2.39. The quantitative estimate of drug-likeness (QED) is 0.799. The number of anilines is 2. The van der Waals surface area contributed by atoms with E-state index in [2.05, 4.69) is 15.4 Å². The molecule has 0 fully saturated rings. The van der Waals surface area contributed by atoms with Crippen LogP contribution in [0.5, 0.6) is 5.75 Å². The van der Waals surface area contributed by atoms with Crippen LogP contribution in [0.2, 0.25) is 5.15 Å². The summed E-state index contributed by atoms with van der Waals surface area (Å²) in [6, 6.07) is 11.2. The molecule has 0 unspecified atom stereocenters. The van der Waals surface area contributed by atoms with Crippen molar-refractivity contribution in [2.45, 2.75) is 6.92 Å². The fourth-order valence-electron chi connectivity index (χ4n) is 2.06. The number of halogens is 1. The Hall–Kier alpha value is -2.78. The van der Waals surface area contributed by atoms with Crippen molar-refractivity contribution in [3.8, 4) is 11.8 Å². The van der Waals surface area contributed by atoms with Gasteiger partial charge in [0.1, 0.15) is 11.8 Å². The Kier molecular flexibility index (Phi) is 3.81. The van der Waals surface area contributed by atoms with Gasteiger partial charge in [0.2, 0.25) is 0 Å². The first-order valence-electron chi connectivity index (χ1n) is 6.65. The summed E-state index contributed by atoms with van der Waals surface area (Å²) >= 11 is 6.01. The molecule has 0 saturated heterocycles. The van der Waals surface area contributed by atoms with Gasteiger partial charge in [0.05, 0.1) is 18.5 Å². The summed E-state index contributed by atoms with van der Waals surface area (Å²) in [5, 5.41) is 16.6. The first-order valence-corrected chi connectivity index (χ1v) is 7.03. The number of ether oxygens (including phenoxy) is 1. The van der Waals surface area contributed by atoms with Crippen molar-refractivity contribution in [1.29, 1.82) is 5.26 Å². The number of aromatic nitrogens is 3. The van der Waals surface area contributed by atoms with Gasteiger partial charge in [0.15, 0.2) is 16.5 Å². The van der Waals surface area contributed by atoms with Gasteiger partial charge in [-0.05, 0) is 31.2 Å². The van der Waals surface area contributed by atoms with Gasteiger partial charge >= 0.3 is 0 Å². The van der Waals surface area contributed by atoms with Crippen LogP contribution in [0.1, 0.15) is 12.6 Å².